The minimum Gasteiger partial charge on any atom is -0.322 e. The van der Waals surface area contributed by atoms with Crippen LogP contribution in [0.5, 0.6) is 0 Å². The van der Waals surface area contributed by atoms with Gasteiger partial charge in [0.15, 0.2) is 0 Å². The molecule has 0 aliphatic heterocycles. The van der Waals surface area contributed by atoms with Gasteiger partial charge in [0, 0.05) is 19.4 Å². The van der Waals surface area contributed by atoms with Crippen LogP contribution in [0.2, 0.25) is 0 Å². The number of rotatable bonds is 3. The molecule has 1 aromatic rings. The lowest BCUT2D eigenvalue weighted by atomic mass is 9.81. The van der Waals surface area contributed by atoms with Gasteiger partial charge in [0.2, 0.25) is 5.92 Å². The van der Waals surface area contributed by atoms with Crippen molar-refractivity contribution >= 4 is 15.9 Å². The molecule has 18 heavy (non-hydrogen) atoms. The number of aromatic nitrogens is 2. The predicted molar refractivity (Wildman–Crippen MR) is 69.4 cm³/mol. The standard InChI is InChI=1S/C12H18BrF2N3/c1-2-18-11(9(13)7-17-18)10(16)8-3-5-12(14,15)6-4-8/h7-8,10H,2-6,16H2,1H3. The molecule has 0 radical (unpaired) electrons. The first-order valence-electron chi connectivity index (χ1n) is 6.29. The van der Waals surface area contributed by atoms with Gasteiger partial charge in [-0.25, -0.2) is 8.78 Å². The van der Waals surface area contributed by atoms with Gasteiger partial charge in [0.05, 0.1) is 22.4 Å². The average molecular weight is 322 g/mol. The van der Waals surface area contributed by atoms with Crippen molar-refractivity contribution in [2.24, 2.45) is 11.7 Å². The third-order valence-electron chi connectivity index (χ3n) is 3.72. The van der Waals surface area contributed by atoms with Crippen molar-refractivity contribution < 1.29 is 8.78 Å². The summed E-state index contributed by atoms with van der Waals surface area (Å²) in [6.45, 7) is 2.72. The molecule has 1 heterocycles. The second-order valence-electron chi connectivity index (χ2n) is 4.91. The second kappa shape index (κ2) is 5.25. The fourth-order valence-electron chi connectivity index (χ4n) is 2.60. The largest absolute Gasteiger partial charge is 0.322 e. The lowest BCUT2D eigenvalue weighted by Gasteiger charge is -2.32. The van der Waals surface area contributed by atoms with E-state index >= 15 is 0 Å². The van der Waals surface area contributed by atoms with E-state index in [-0.39, 0.29) is 24.8 Å². The van der Waals surface area contributed by atoms with E-state index in [0.29, 0.717) is 12.8 Å². The van der Waals surface area contributed by atoms with Crippen LogP contribution < -0.4 is 5.73 Å². The van der Waals surface area contributed by atoms with Gasteiger partial charge in [0.25, 0.3) is 0 Å². The monoisotopic (exact) mass is 321 g/mol. The molecule has 2 rings (SSSR count). The summed E-state index contributed by atoms with van der Waals surface area (Å²) < 4.78 is 29.0. The Bertz CT molecular complexity index is 409. The fourth-order valence-corrected chi connectivity index (χ4v) is 3.16. The molecule has 1 aliphatic rings. The molecule has 102 valence electrons. The Hall–Kier alpha value is -0.490. The molecular formula is C12H18BrF2N3. The van der Waals surface area contributed by atoms with Crippen LogP contribution in [0.1, 0.15) is 44.3 Å². The zero-order chi connectivity index (χ0) is 13.3. The van der Waals surface area contributed by atoms with Gasteiger partial charge in [-0.2, -0.15) is 5.10 Å². The molecule has 1 unspecified atom stereocenters. The van der Waals surface area contributed by atoms with Crippen molar-refractivity contribution in [3.63, 3.8) is 0 Å². The maximum Gasteiger partial charge on any atom is 0.248 e. The second-order valence-corrected chi connectivity index (χ2v) is 5.77. The van der Waals surface area contributed by atoms with Crippen LogP contribution in [0.15, 0.2) is 10.7 Å². The molecule has 0 aromatic carbocycles. The molecule has 1 aromatic heterocycles. The molecule has 0 saturated heterocycles. The van der Waals surface area contributed by atoms with Crippen LogP contribution in [0.25, 0.3) is 0 Å². The molecule has 2 N–H and O–H groups in total. The summed E-state index contributed by atoms with van der Waals surface area (Å²) in [6, 6.07) is -0.224. The van der Waals surface area contributed by atoms with Gasteiger partial charge in [-0.05, 0) is 41.6 Å². The van der Waals surface area contributed by atoms with Gasteiger partial charge in [-0.3, -0.25) is 4.68 Å². The highest BCUT2D eigenvalue weighted by atomic mass is 79.9. The van der Waals surface area contributed by atoms with Gasteiger partial charge in [-0.1, -0.05) is 0 Å². The van der Waals surface area contributed by atoms with Crippen LogP contribution in [0, 0.1) is 5.92 Å². The number of hydrogen-bond donors (Lipinski definition) is 1. The number of nitrogens with zero attached hydrogens (tertiary/aromatic N) is 2. The highest BCUT2D eigenvalue weighted by molar-refractivity contribution is 9.10. The van der Waals surface area contributed by atoms with E-state index in [1.165, 1.54) is 0 Å². The topological polar surface area (TPSA) is 43.8 Å². The lowest BCUT2D eigenvalue weighted by molar-refractivity contribution is -0.0486. The Morgan fingerprint density at radius 2 is 2.17 bits per heavy atom. The Morgan fingerprint density at radius 1 is 1.56 bits per heavy atom. The third kappa shape index (κ3) is 2.74. The Kier molecular flexibility index (Phi) is 4.06. The maximum atomic E-state index is 13.1. The summed E-state index contributed by atoms with van der Waals surface area (Å²) in [5.41, 5.74) is 7.17. The number of halogens is 3. The summed E-state index contributed by atoms with van der Waals surface area (Å²) in [6.07, 6.45) is 2.58. The van der Waals surface area contributed by atoms with Crippen LogP contribution in [0.4, 0.5) is 8.78 Å². The molecule has 1 atom stereocenters. The van der Waals surface area contributed by atoms with Gasteiger partial charge in [0.1, 0.15) is 0 Å². The molecule has 1 saturated carbocycles. The molecule has 1 aliphatic carbocycles. The number of hydrogen-bond acceptors (Lipinski definition) is 2. The van der Waals surface area contributed by atoms with Gasteiger partial charge in [-0.15, -0.1) is 0 Å². The van der Waals surface area contributed by atoms with Crippen molar-refractivity contribution in [2.75, 3.05) is 0 Å². The van der Waals surface area contributed by atoms with E-state index in [4.69, 9.17) is 5.73 Å². The predicted octanol–water partition coefficient (Wildman–Crippen LogP) is 3.49. The van der Waals surface area contributed by atoms with Crippen LogP contribution in [-0.2, 0) is 6.54 Å². The smallest absolute Gasteiger partial charge is 0.248 e. The number of nitrogens with two attached hydrogens (primary N) is 1. The minimum absolute atomic E-state index is 0.0523. The molecule has 6 heteroatoms. The van der Waals surface area contributed by atoms with E-state index in [0.717, 1.165) is 16.7 Å². The highest BCUT2D eigenvalue weighted by Gasteiger charge is 2.38. The normalized spacial score (nSPS) is 22.1. The Morgan fingerprint density at radius 3 is 2.72 bits per heavy atom. The fraction of sp³-hybridized carbons (Fsp3) is 0.750. The Balaban J connectivity index is 2.12. The summed E-state index contributed by atoms with van der Waals surface area (Å²) in [7, 11) is 0. The Labute approximate surface area is 114 Å². The van der Waals surface area contributed by atoms with E-state index < -0.39 is 5.92 Å². The quantitative estimate of drug-likeness (QED) is 0.926. The van der Waals surface area contributed by atoms with E-state index in [1.807, 2.05) is 11.6 Å². The van der Waals surface area contributed by atoms with Crippen LogP contribution in [0.3, 0.4) is 0 Å². The average Bonchev–Trinajstić information content (AvgIpc) is 2.69. The van der Waals surface area contributed by atoms with Gasteiger partial charge < -0.3 is 5.73 Å². The zero-order valence-corrected chi connectivity index (χ0v) is 12.0. The SMILES string of the molecule is CCn1ncc(Br)c1C(N)C1CCC(F)(F)CC1. The molecule has 0 amide bonds. The van der Waals surface area contributed by atoms with Crippen molar-refractivity contribution in [1.29, 1.82) is 0 Å². The summed E-state index contributed by atoms with van der Waals surface area (Å²) >= 11 is 3.44. The van der Waals surface area contributed by atoms with Gasteiger partial charge >= 0.3 is 0 Å². The molecular weight excluding hydrogens is 304 g/mol. The first-order chi connectivity index (χ1) is 8.44. The van der Waals surface area contributed by atoms with Crippen molar-refractivity contribution in [3.05, 3.63) is 16.4 Å². The lowest BCUT2D eigenvalue weighted by Crippen LogP contribution is -2.32. The molecule has 0 bridgehead atoms. The first kappa shape index (κ1) is 13.9. The number of alkyl halides is 2. The highest BCUT2D eigenvalue weighted by Crippen LogP contribution is 2.41. The van der Waals surface area contributed by atoms with Crippen molar-refractivity contribution in [1.82, 2.24) is 9.78 Å². The van der Waals surface area contributed by atoms with Crippen LogP contribution in [-0.4, -0.2) is 15.7 Å². The molecule has 0 spiro atoms. The van der Waals surface area contributed by atoms with E-state index in [1.54, 1.807) is 6.20 Å². The van der Waals surface area contributed by atoms with Crippen LogP contribution >= 0.6 is 15.9 Å². The molecule has 3 nitrogen and oxygen atoms in total. The maximum absolute atomic E-state index is 13.1. The molecule has 1 fully saturated rings. The van der Waals surface area contributed by atoms with Crippen molar-refractivity contribution in [2.45, 2.75) is 51.1 Å². The summed E-state index contributed by atoms with van der Waals surface area (Å²) in [4.78, 5) is 0. The first-order valence-corrected chi connectivity index (χ1v) is 7.08. The summed E-state index contributed by atoms with van der Waals surface area (Å²) in [5.74, 6) is -2.39. The van der Waals surface area contributed by atoms with Crippen molar-refractivity contribution in [3.8, 4) is 0 Å². The summed E-state index contributed by atoms with van der Waals surface area (Å²) in [5, 5.41) is 4.22. The van der Waals surface area contributed by atoms with E-state index in [9.17, 15) is 8.78 Å². The number of aryl methyl sites for hydroxylation is 1. The minimum atomic E-state index is -2.50. The van der Waals surface area contributed by atoms with E-state index in [2.05, 4.69) is 21.0 Å². The zero-order valence-electron chi connectivity index (χ0n) is 10.4. The third-order valence-corrected chi connectivity index (χ3v) is 4.33.